The van der Waals surface area contributed by atoms with Crippen molar-refractivity contribution in [1.29, 1.82) is 0 Å². The van der Waals surface area contributed by atoms with Gasteiger partial charge in [0.2, 0.25) is 5.88 Å². The van der Waals surface area contributed by atoms with E-state index in [4.69, 9.17) is 9.84 Å². The average Bonchev–Trinajstić information content (AvgIpc) is 2.50. The van der Waals surface area contributed by atoms with E-state index in [-0.39, 0.29) is 17.7 Å². The summed E-state index contributed by atoms with van der Waals surface area (Å²) in [5.41, 5.74) is 2.26. The predicted octanol–water partition coefficient (Wildman–Crippen LogP) is 3.09. The first kappa shape index (κ1) is 15.1. The van der Waals surface area contributed by atoms with Gasteiger partial charge in [-0.05, 0) is 30.7 Å². The number of amides is 1. The first-order chi connectivity index (χ1) is 11.0. The molecule has 120 valence electrons. The summed E-state index contributed by atoms with van der Waals surface area (Å²) in [6.07, 6.45) is -0.776. The molecule has 0 fully saturated rings. The quantitative estimate of drug-likeness (QED) is 0.810. The van der Waals surface area contributed by atoms with Crippen LogP contribution in [0.4, 0.5) is 20.7 Å². The molecule has 0 aliphatic carbocycles. The van der Waals surface area contributed by atoms with Crippen LogP contribution in [0.1, 0.15) is 18.1 Å². The molecule has 2 heterocycles. The lowest BCUT2D eigenvalue weighted by molar-refractivity contribution is 0.209. The van der Waals surface area contributed by atoms with Crippen molar-refractivity contribution < 1.29 is 19.0 Å². The lowest BCUT2D eigenvalue weighted by atomic mass is 10.0. The summed E-state index contributed by atoms with van der Waals surface area (Å²) in [7, 11) is 0. The van der Waals surface area contributed by atoms with E-state index in [0.29, 0.717) is 24.5 Å². The zero-order chi connectivity index (χ0) is 16.4. The molecule has 1 unspecified atom stereocenters. The van der Waals surface area contributed by atoms with E-state index in [1.165, 1.54) is 12.1 Å². The SMILES string of the molecule is CC1COc2nc(NC(=O)O)c(Cc3ccc(F)cc3)cc2N1. The molecule has 0 radical (unpaired) electrons. The third kappa shape index (κ3) is 3.50. The van der Waals surface area contributed by atoms with Gasteiger partial charge in [0.1, 0.15) is 18.2 Å². The van der Waals surface area contributed by atoms with E-state index in [9.17, 15) is 9.18 Å². The number of benzene rings is 1. The number of fused-ring (bicyclic) bond motifs is 1. The fraction of sp³-hybridized carbons (Fsp3) is 0.250. The Morgan fingerprint density at radius 1 is 1.48 bits per heavy atom. The monoisotopic (exact) mass is 317 g/mol. The third-order valence-electron chi connectivity index (χ3n) is 3.47. The molecule has 6 nitrogen and oxygen atoms in total. The molecule has 2 aromatic rings. The number of pyridine rings is 1. The summed E-state index contributed by atoms with van der Waals surface area (Å²) in [4.78, 5) is 15.2. The second-order valence-electron chi connectivity index (χ2n) is 5.44. The van der Waals surface area contributed by atoms with Crippen LogP contribution in [0.5, 0.6) is 5.88 Å². The van der Waals surface area contributed by atoms with Crippen LogP contribution in [0, 0.1) is 5.82 Å². The minimum absolute atomic E-state index is 0.140. The van der Waals surface area contributed by atoms with Crippen LogP contribution < -0.4 is 15.4 Å². The van der Waals surface area contributed by atoms with Gasteiger partial charge in [0.15, 0.2) is 0 Å². The van der Waals surface area contributed by atoms with Crippen LogP contribution in [0.25, 0.3) is 0 Å². The largest absolute Gasteiger partial charge is 0.474 e. The van der Waals surface area contributed by atoms with Gasteiger partial charge in [0.25, 0.3) is 0 Å². The molecule has 1 aliphatic rings. The van der Waals surface area contributed by atoms with Gasteiger partial charge in [-0.3, -0.25) is 5.32 Å². The highest BCUT2D eigenvalue weighted by molar-refractivity contribution is 5.83. The minimum atomic E-state index is -1.20. The zero-order valence-electron chi connectivity index (χ0n) is 12.5. The smallest absolute Gasteiger partial charge is 0.410 e. The first-order valence-electron chi connectivity index (χ1n) is 7.19. The number of halogens is 1. The Bertz CT molecular complexity index is 734. The lowest BCUT2D eigenvalue weighted by Crippen LogP contribution is -2.29. The van der Waals surface area contributed by atoms with Crippen LogP contribution >= 0.6 is 0 Å². The number of anilines is 2. The van der Waals surface area contributed by atoms with Crippen LogP contribution in [0.2, 0.25) is 0 Å². The number of aromatic nitrogens is 1. The summed E-state index contributed by atoms with van der Waals surface area (Å²) in [6, 6.07) is 8.01. The van der Waals surface area contributed by atoms with Crippen LogP contribution in [-0.2, 0) is 6.42 Å². The second kappa shape index (κ2) is 6.12. The maximum Gasteiger partial charge on any atom is 0.410 e. The third-order valence-corrected chi connectivity index (χ3v) is 3.47. The van der Waals surface area contributed by atoms with Crippen LogP contribution in [0.15, 0.2) is 30.3 Å². The molecule has 0 saturated heterocycles. The summed E-state index contributed by atoms with van der Waals surface area (Å²) >= 11 is 0. The fourth-order valence-corrected chi connectivity index (χ4v) is 2.43. The molecule has 1 atom stereocenters. The molecule has 0 saturated carbocycles. The van der Waals surface area contributed by atoms with E-state index < -0.39 is 6.09 Å². The van der Waals surface area contributed by atoms with Crippen molar-refractivity contribution >= 4 is 17.6 Å². The highest BCUT2D eigenvalue weighted by Crippen LogP contribution is 2.32. The standard InChI is InChI=1S/C16H16FN3O3/c1-9-8-23-15-13(18-9)7-11(14(19-15)20-16(21)22)6-10-2-4-12(17)5-3-10/h2-5,7,9,18H,6,8H2,1H3,(H,19,20)(H,21,22). The van der Waals surface area contributed by atoms with Gasteiger partial charge >= 0.3 is 6.09 Å². The van der Waals surface area contributed by atoms with Gasteiger partial charge in [0.05, 0.1) is 11.7 Å². The summed E-state index contributed by atoms with van der Waals surface area (Å²) in [5, 5.41) is 14.5. The Kier molecular flexibility index (Phi) is 4.01. The molecule has 23 heavy (non-hydrogen) atoms. The van der Waals surface area contributed by atoms with Gasteiger partial charge in [-0.2, -0.15) is 4.98 Å². The van der Waals surface area contributed by atoms with Crippen molar-refractivity contribution in [2.24, 2.45) is 0 Å². The topological polar surface area (TPSA) is 83.5 Å². The maximum absolute atomic E-state index is 13.0. The van der Waals surface area contributed by atoms with Crippen molar-refractivity contribution in [3.05, 3.63) is 47.3 Å². The molecule has 3 N–H and O–H groups in total. The number of hydrogen-bond donors (Lipinski definition) is 3. The zero-order valence-corrected chi connectivity index (χ0v) is 12.5. The normalized spacial score (nSPS) is 16.0. The Morgan fingerprint density at radius 2 is 2.22 bits per heavy atom. The van der Waals surface area contributed by atoms with E-state index in [1.54, 1.807) is 12.1 Å². The number of rotatable bonds is 3. The van der Waals surface area contributed by atoms with Gasteiger partial charge in [-0.1, -0.05) is 12.1 Å². The summed E-state index contributed by atoms with van der Waals surface area (Å²) < 4.78 is 18.5. The number of carbonyl (C=O) groups is 1. The van der Waals surface area contributed by atoms with Gasteiger partial charge in [0, 0.05) is 12.0 Å². The molecule has 0 bridgehead atoms. The van der Waals surface area contributed by atoms with Crippen molar-refractivity contribution in [2.75, 3.05) is 17.2 Å². The Balaban J connectivity index is 1.96. The first-order valence-corrected chi connectivity index (χ1v) is 7.19. The molecule has 1 amide bonds. The lowest BCUT2D eigenvalue weighted by Gasteiger charge is -2.25. The highest BCUT2D eigenvalue weighted by atomic mass is 19.1. The predicted molar refractivity (Wildman–Crippen MR) is 83.7 cm³/mol. The number of carboxylic acid groups (broad SMARTS) is 1. The van der Waals surface area contributed by atoms with Crippen LogP contribution in [0.3, 0.4) is 0 Å². The average molecular weight is 317 g/mol. The number of nitrogens with zero attached hydrogens (tertiary/aromatic N) is 1. The summed E-state index contributed by atoms with van der Waals surface area (Å²) in [5.74, 6) is 0.275. The number of nitrogens with one attached hydrogen (secondary N) is 2. The number of hydrogen-bond acceptors (Lipinski definition) is 4. The van der Waals surface area contributed by atoms with E-state index in [2.05, 4.69) is 15.6 Å². The second-order valence-corrected chi connectivity index (χ2v) is 5.44. The molecular weight excluding hydrogens is 301 g/mol. The van der Waals surface area contributed by atoms with E-state index in [1.807, 2.05) is 13.0 Å². The van der Waals surface area contributed by atoms with Crippen molar-refractivity contribution in [3.8, 4) is 5.88 Å². The molecule has 1 aromatic heterocycles. The molecular formula is C16H16FN3O3. The van der Waals surface area contributed by atoms with Crippen molar-refractivity contribution in [3.63, 3.8) is 0 Å². The molecule has 1 aliphatic heterocycles. The Labute approximate surface area is 132 Å². The molecule has 7 heteroatoms. The van der Waals surface area contributed by atoms with Crippen molar-refractivity contribution in [1.82, 2.24) is 4.98 Å². The summed E-state index contributed by atoms with van der Waals surface area (Å²) in [6.45, 7) is 2.44. The van der Waals surface area contributed by atoms with Gasteiger partial charge in [-0.25, -0.2) is 9.18 Å². The molecule has 3 rings (SSSR count). The molecule has 0 spiro atoms. The van der Waals surface area contributed by atoms with Crippen molar-refractivity contribution in [2.45, 2.75) is 19.4 Å². The van der Waals surface area contributed by atoms with Gasteiger partial charge in [-0.15, -0.1) is 0 Å². The van der Waals surface area contributed by atoms with Crippen LogP contribution in [-0.4, -0.2) is 28.8 Å². The maximum atomic E-state index is 13.0. The minimum Gasteiger partial charge on any atom is -0.474 e. The van der Waals surface area contributed by atoms with E-state index in [0.717, 1.165) is 11.3 Å². The fourth-order valence-electron chi connectivity index (χ4n) is 2.43. The van der Waals surface area contributed by atoms with E-state index >= 15 is 0 Å². The number of ether oxygens (including phenoxy) is 1. The Morgan fingerprint density at radius 3 is 2.91 bits per heavy atom. The highest BCUT2D eigenvalue weighted by Gasteiger charge is 2.20. The van der Waals surface area contributed by atoms with Gasteiger partial charge < -0.3 is 15.2 Å². The molecule has 1 aromatic carbocycles. The Hall–Kier alpha value is -2.83.